The third kappa shape index (κ3) is 4.80. The molecule has 290 valence electrons. The molecule has 0 unspecified atom stereocenters. The Labute approximate surface area is 353 Å². The van der Waals surface area contributed by atoms with Crippen LogP contribution >= 0.6 is 0 Å². The summed E-state index contributed by atoms with van der Waals surface area (Å²) in [6.45, 7) is 0. The average molecular weight is 795 g/mol. The van der Waals surface area contributed by atoms with Crippen LogP contribution in [0, 0.1) is 0 Å². The standard InChI is InChI=1S/C56H34N4O2/c61-55-47-32-46-41-24-12-15-27-51(41)59(38-28-29-52-44(30-38)39-22-10-13-25-49(39)57(52)35-16-4-1-5-17-35)53(46)33-43(47)42-31-45-40-23-11-14-26-50(40)58(36-18-6-2-7-19-36)54(45)34-48(42)56(62)60(55)37-20-8-3-9-21-37/h1-34H. The van der Waals surface area contributed by atoms with Crippen LogP contribution < -0.4 is 11.1 Å². The van der Waals surface area contributed by atoms with Gasteiger partial charge in [0.15, 0.2) is 0 Å². The molecule has 6 heteroatoms. The molecule has 0 atom stereocenters. The Bertz CT molecular complexity index is 4120. The molecule has 62 heavy (non-hydrogen) atoms. The number of benzene rings is 9. The van der Waals surface area contributed by atoms with Crippen LogP contribution in [0.1, 0.15) is 0 Å². The van der Waals surface area contributed by atoms with Crippen LogP contribution in [0.3, 0.4) is 0 Å². The fourth-order valence-corrected chi connectivity index (χ4v) is 10.1. The predicted molar refractivity (Wildman–Crippen MR) is 256 cm³/mol. The van der Waals surface area contributed by atoms with Crippen molar-refractivity contribution in [1.82, 2.24) is 18.3 Å². The molecular weight excluding hydrogens is 761 g/mol. The van der Waals surface area contributed by atoms with Gasteiger partial charge in [0.05, 0.1) is 44.2 Å². The molecule has 0 spiro atoms. The molecule has 13 aromatic rings. The summed E-state index contributed by atoms with van der Waals surface area (Å²) >= 11 is 0. The molecule has 0 aliphatic carbocycles. The number of fused-ring (bicyclic) bond motifs is 12. The van der Waals surface area contributed by atoms with E-state index in [0.29, 0.717) is 21.8 Å². The van der Waals surface area contributed by atoms with E-state index in [1.165, 1.54) is 9.95 Å². The van der Waals surface area contributed by atoms with Gasteiger partial charge in [-0.1, -0.05) is 109 Å². The van der Waals surface area contributed by atoms with Crippen molar-refractivity contribution in [1.29, 1.82) is 0 Å². The molecule has 0 aliphatic rings. The lowest BCUT2D eigenvalue weighted by Gasteiger charge is -2.11. The minimum atomic E-state index is -0.364. The van der Waals surface area contributed by atoms with Crippen molar-refractivity contribution in [2.75, 3.05) is 0 Å². The van der Waals surface area contributed by atoms with E-state index in [1.54, 1.807) is 0 Å². The summed E-state index contributed by atoms with van der Waals surface area (Å²) < 4.78 is 8.20. The zero-order chi connectivity index (χ0) is 41.1. The second kappa shape index (κ2) is 13.0. The quantitative estimate of drug-likeness (QED) is 0.178. The van der Waals surface area contributed by atoms with Gasteiger partial charge in [-0.05, 0) is 108 Å². The van der Waals surface area contributed by atoms with Crippen LogP contribution in [0.15, 0.2) is 216 Å². The summed E-state index contributed by atoms with van der Waals surface area (Å²) in [5, 5.41) is 8.71. The van der Waals surface area contributed by atoms with Gasteiger partial charge in [-0.2, -0.15) is 0 Å². The van der Waals surface area contributed by atoms with Gasteiger partial charge in [-0.25, -0.2) is 4.57 Å². The van der Waals surface area contributed by atoms with Gasteiger partial charge in [-0.15, -0.1) is 0 Å². The number of nitrogens with zero attached hydrogens (tertiary/aromatic N) is 4. The van der Waals surface area contributed by atoms with Gasteiger partial charge in [0.1, 0.15) is 0 Å². The predicted octanol–water partition coefficient (Wildman–Crippen LogP) is 12.8. The van der Waals surface area contributed by atoms with Crippen LogP contribution in [0.25, 0.3) is 110 Å². The number of para-hydroxylation sites is 6. The van der Waals surface area contributed by atoms with Gasteiger partial charge in [0, 0.05) is 54.8 Å². The smallest absolute Gasteiger partial charge is 0.266 e. The van der Waals surface area contributed by atoms with Crippen LogP contribution in [0.4, 0.5) is 0 Å². The Morgan fingerprint density at radius 1 is 0.210 bits per heavy atom. The molecule has 0 saturated heterocycles. The van der Waals surface area contributed by atoms with E-state index in [-0.39, 0.29) is 11.1 Å². The average Bonchev–Trinajstić information content (AvgIpc) is 3.94. The van der Waals surface area contributed by atoms with Crippen LogP contribution in [-0.2, 0) is 0 Å². The highest BCUT2D eigenvalue weighted by molar-refractivity contribution is 6.21. The van der Waals surface area contributed by atoms with Gasteiger partial charge in [0.2, 0.25) is 0 Å². The molecule has 0 radical (unpaired) electrons. The summed E-state index contributed by atoms with van der Waals surface area (Å²) in [5.74, 6) is 0. The topological polar surface area (TPSA) is 53.9 Å². The molecule has 0 bridgehead atoms. The molecule has 0 amide bonds. The van der Waals surface area contributed by atoms with E-state index >= 15 is 9.59 Å². The highest BCUT2D eigenvalue weighted by atomic mass is 16.2. The molecule has 9 aromatic carbocycles. The number of hydrogen-bond donors (Lipinski definition) is 0. The van der Waals surface area contributed by atoms with Crippen LogP contribution in [0.5, 0.6) is 0 Å². The van der Waals surface area contributed by atoms with E-state index < -0.39 is 0 Å². The second-order valence-corrected chi connectivity index (χ2v) is 16.0. The maximum atomic E-state index is 15.2. The van der Waals surface area contributed by atoms with E-state index in [4.69, 9.17) is 0 Å². The highest BCUT2D eigenvalue weighted by Gasteiger charge is 2.22. The van der Waals surface area contributed by atoms with Gasteiger partial charge >= 0.3 is 0 Å². The van der Waals surface area contributed by atoms with Crippen molar-refractivity contribution in [3.8, 4) is 22.7 Å². The normalized spacial score (nSPS) is 12.0. The molecule has 0 fully saturated rings. The number of hydrogen-bond acceptors (Lipinski definition) is 2. The Morgan fingerprint density at radius 3 is 1.06 bits per heavy atom. The molecular formula is C56H34N4O2. The van der Waals surface area contributed by atoms with Gasteiger partial charge in [-0.3, -0.25) is 9.59 Å². The second-order valence-electron chi connectivity index (χ2n) is 16.0. The van der Waals surface area contributed by atoms with Crippen molar-refractivity contribution in [2.45, 2.75) is 0 Å². The van der Waals surface area contributed by atoms with Crippen molar-refractivity contribution in [2.24, 2.45) is 0 Å². The zero-order valence-electron chi connectivity index (χ0n) is 33.2. The van der Waals surface area contributed by atoms with Crippen molar-refractivity contribution < 1.29 is 0 Å². The maximum absolute atomic E-state index is 15.2. The first-order chi connectivity index (χ1) is 30.6. The molecule has 0 saturated carbocycles. The third-order valence-electron chi connectivity index (χ3n) is 12.7. The van der Waals surface area contributed by atoms with E-state index in [2.05, 4.69) is 141 Å². The van der Waals surface area contributed by atoms with Crippen LogP contribution in [-0.4, -0.2) is 18.3 Å². The fraction of sp³-hybridized carbons (Fsp3) is 0. The lowest BCUT2D eigenvalue weighted by molar-refractivity contribution is 0.976. The lowest BCUT2D eigenvalue weighted by Crippen LogP contribution is -2.28. The van der Waals surface area contributed by atoms with E-state index in [0.717, 1.165) is 82.5 Å². The van der Waals surface area contributed by atoms with E-state index in [9.17, 15) is 0 Å². The summed E-state index contributed by atoms with van der Waals surface area (Å²) in [4.78, 5) is 30.4. The first-order valence-electron chi connectivity index (χ1n) is 20.9. The van der Waals surface area contributed by atoms with Crippen LogP contribution in [0.2, 0.25) is 0 Å². The monoisotopic (exact) mass is 794 g/mol. The SMILES string of the molecule is O=c1c2cc3c(cc2c2cc4c(cc2c(=O)n1-c1ccccc1)c1ccccc1n4-c1ccc2c(c1)c1ccccc1n2-c1ccccc1)c1ccccc1n3-c1ccccc1. The Kier molecular flexibility index (Phi) is 7.22. The fourth-order valence-electron chi connectivity index (χ4n) is 10.1. The molecule has 6 nitrogen and oxygen atoms in total. The zero-order valence-corrected chi connectivity index (χ0v) is 33.2. The minimum absolute atomic E-state index is 0.359. The molecule has 0 N–H and O–H groups in total. The van der Waals surface area contributed by atoms with Crippen molar-refractivity contribution in [3.63, 3.8) is 0 Å². The largest absolute Gasteiger partial charge is 0.309 e. The molecule has 4 aromatic heterocycles. The molecule has 0 aliphatic heterocycles. The Morgan fingerprint density at radius 2 is 0.548 bits per heavy atom. The van der Waals surface area contributed by atoms with Gasteiger partial charge < -0.3 is 13.7 Å². The molecule has 13 rings (SSSR count). The minimum Gasteiger partial charge on any atom is -0.309 e. The summed E-state index contributed by atoms with van der Waals surface area (Å²) in [5.41, 5.74) is 9.07. The van der Waals surface area contributed by atoms with Gasteiger partial charge in [0.25, 0.3) is 11.1 Å². The summed E-state index contributed by atoms with van der Waals surface area (Å²) in [6.07, 6.45) is 0. The van der Waals surface area contributed by atoms with Crippen molar-refractivity contribution in [3.05, 3.63) is 227 Å². The first-order valence-corrected chi connectivity index (χ1v) is 20.9. The number of aromatic nitrogens is 4. The van der Waals surface area contributed by atoms with Crippen molar-refractivity contribution >= 4 is 87.0 Å². The lowest BCUT2D eigenvalue weighted by atomic mass is 10.0. The Hall–Kier alpha value is -8.48. The highest BCUT2D eigenvalue weighted by Crippen LogP contribution is 2.40. The maximum Gasteiger partial charge on any atom is 0.266 e. The number of rotatable bonds is 4. The first kappa shape index (κ1) is 34.4. The summed E-state index contributed by atoms with van der Waals surface area (Å²) in [6, 6.07) is 70.3. The Balaban J connectivity index is 1.19. The third-order valence-corrected chi connectivity index (χ3v) is 12.7. The molecule has 4 heterocycles. The van der Waals surface area contributed by atoms with E-state index in [1.807, 2.05) is 78.9 Å². The summed E-state index contributed by atoms with van der Waals surface area (Å²) in [7, 11) is 0.